The van der Waals surface area contributed by atoms with E-state index in [1.54, 1.807) is 0 Å². The van der Waals surface area contributed by atoms with Crippen molar-refractivity contribution in [1.82, 2.24) is 20.5 Å². The standard InChI is InChI=1S/C15H21N5/c1-11-4-3-5-13(8-11)9-14-17-15(19-18-14)20-7-6-16-12(2)10-20/h3-5,8,12,16H,6-7,9-10H2,1-2H3,(H,17,18,19). The average Bonchev–Trinajstić information content (AvgIpc) is 2.87. The van der Waals surface area contributed by atoms with Gasteiger partial charge in [-0.2, -0.15) is 4.98 Å². The van der Waals surface area contributed by atoms with Crippen molar-refractivity contribution in [1.29, 1.82) is 0 Å². The molecule has 0 radical (unpaired) electrons. The van der Waals surface area contributed by atoms with Crippen molar-refractivity contribution in [3.63, 3.8) is 0 Å². The third-order valence-electron chi connectivity index (χ3n) is 3.63. The van der Waals surface area contributed by atoms with Gasteiger partial charge in [-0.1, -0.05) is 29.8 Å². The molecule has 1 aromatic carbocycles. The van der Waals surface area contributed by atoms with E-state index in [1.807, 2.05) is 0 Å². The van der Waals surface area contributed by atoms with Gasteiger partial charge in [-0.3, -0.25) is 5.10 Å². The quantitative estimate of drug-likeness (QED) is 0.888. The summed E-state index contributed by atoms with van der Waals surface area (Å²) in [6.45, 7) is 7.21. The minimum absolute atomic E-state index is 0.488. The molecule has 106 valence electrons. The number of rotatable bonds is 3. The number of benzene rings is 1. The number of hydrogen-bond acceptors (Lipinski definition) is 4. The number of nitrogens with one attached hydrogen (secondary N) is 2. The summed E-state index contributed by atoms with van der Waals surface area (Å²) in [5.41, 5.74) is 2.54. The topological polar surface area (TPSA) is 56.8 Å². The highest BCUT2D eigenvalue weighted by Crippen LogP contribution is 2.13. The molecule has 1 aliphatic heterocycles. The van der Waals surface area contributed by atoms with Crippen LogP contribution in [0.25, 0.3) is 0 Å². The molecule has 0 aliphatic carbocycles. The Morgan fingerprint density at radius 1 is 1.40 bits per heavy atom. The lowest BCUT2D eigenvalue weighted by atomic mass is 10.1. The first-order chi connectivity index (χ1) is 9.70. The summed E-state index contributed by atoms with van der Waals surface area (Å²) in [5, 5.41) is 10.8. The smallest absolute Gasteiger partial charge is 0.244 e. The van der Waals surface area contributed by atoms with Crippen LogP contribution in [0.3, 0.4) is 0 Å². The molecule has 2 aromatic rings. The van der Waals surface area contributed by atoms with Crippen LogP contribution in [0.2, 0.25) is 0 Å². The molecule has 1 fully saturated rings. The molecule has 2 heterocycles. The SMILES string of the molecule is Cc1cccc(Cc2nc(N3CCNC(C)C3)n[nH]2)c1. The molecule has 0 saturated carbocycles. The van der Waals surface area contributed by atoms with Crippen LogP contribution < -0.4 is 10.2 Å². The third-order valence-corrected chi connectivity index (χ3v) is 3.63. The largest absolute Gasteiger partial charge is 0.337 e. The van der Waals surface area contributed by atoms with Gasteiger partial charge in [-0.15, -0.1) is 5.10 Å². The first-order valence-electron chi connectivity index (χ1n) is 7.16. The summed E-state index contributed by atoms with van der Waals surface area (Å²) in [7, 11) is 0. The maximum absolute atomic E-state index is 4.62. The molecule has 1 aliphatic rings. The van der Waals surface area contributed by atoms with E-state index in [2.05, 4.69) is 63.5 Å². The van der Waals surface area contributed by atoms with Gasteiger partial charge in [0.25, 0.3) is 0 Å². The van der Waals surface area contributed by atoms with E-state index in [1.165, 1.54) is 11.1 Å². The molecular weight excluding hydrogens is 250 g/mol. The zero-order chi connectivity index (χ0) is 13.9. The first-order valence-corrected chi connectivity index (χ1v) is 7.16. The number of aryl methyl sites for hydroxylation is 1. The normalized spacial score (nSPS) is 19.3. The summed E-state index contributed by atoms with van der Waals surface area (Å²) >= 11 is 0. The fraction of sp³-hybridized carbons (Fsp3) is 0.467. The summed E-state index contributed by atoms with van der Waals surface area (Å²) in [5.74, 6) is 1.75. The maximum atomic E-state index is 4.62. The minimum Gasteiger partial charge on any atom is -0.337 e. The molecule has 1 saturated heterocycles. The summed E-state index contributed by atoms with van der Waals surface area (Å²) < 4.78 is 0. The predicted octanol–water partition coefficient (Wildman–Crippen LogP) is 1.50. The van der Waals surface area contributed by atoms with E-state index >= 15 is 0 Å². The van der Waals surface area contributed by atoms with Crippen LogP contribution in [0, 0.1) is 6.92 Å². The van der Waals surface area contributed by atoms with Crippen molar-refractivity contribution in [3.8, 4) is 0 Å². The van der Waals surface area contributed by atoms with Crippen molar-refractivity contribution >= 4 is 5.95 Å². The molecule has 1 atom stereocenters. The second-order valence-electron chi connectivity index (χ2n) is 5.55. The Hall–Kier alpha value is -1.88. The van der Waals surface area contributed by atoms with Gasteiger partial charge in [0.1, 0.15) is 5.82 Å². The van der Waals surface area contributed by atoms with Crippen LogP contribution in [0.1, 0.15) is 23.9 Å². The number of nitrogens with zero attached hydrogens (tertiary/aromatic N) is 3. The van der Waals surface area contributed by atoms with Gasteiger partial charge in [0.2, 0.25) is 5.95 Å². The molecule has 20 heavy (non-hydrogen) atoms. The van der Waals surface area contributed by atoms with Gasteiger partial charge in [-0.05, 0) is 19.4 Å². The molecule has 0 bridgehead atoms. The molecule has 0 spiro atoms. The van der Waals surface area contributed by atoms with Crippen molar-refractivity contribution in [2.75, 3.05) is 24.5 Å². The average molecular weight is 271 g/mol. The van der Waals surface area contributed by atoms with Gasteiger partial charge in [0, 0.05) is 32.1 Å². The van der Waals surface area contributed by atoms with Gasteiger partial charge >= 0.3 is 0 Å². The van der Waals surface area contributed by atoms with E-state index in [-0.39, 0.29) is 0 Å². The Balaban J connectivity index is 1.70. The van der Waals surface area contributed by atoms with E-state index in [4.69, 9.17) is 0 Å². The minimum atomic E-state index is 0.488. The van der Waals surface area contributed by atoms with Crippen molar-refractivity contribution in [2.45, 2.75) is 26.3 Å². The Morgan fingerprint density at radius 2 is 2.30 bits per heavy atom. The van der Waals surface area contributed by atoms with Crippen molar-refractivity contribution in [3.05, 3.63) is 41.2 Å². The Labute approximate surface area is 119 Å². The van der Waals surface area contributed by atoms with Crippen LogP contribution in [0.4, 0.5) is 5.95 Å². The monoisotopic (exact) mass is 271 g/mol. The summed E-state index contributed by atoms with van der Waals surface area (Å²) in [6, 6.07) is 9.00. The highest BCUT2D eigenvalue weighted by Gasteiger charge is 2.19. The van der Waals surface area contributed by atoms with Crippen LogP contribution in [0.15, 0.2) is 24.3 Å². The van der Waals surface area contributed by atoms with Crippen LogP contribution >= 0.6 is 0 Å². The highest BCUT2D eigenvalue weighted by atomic mass is 15.4. The Bertz CT molecular complexity index is 577. The summed E-state index contributed by atoms with van der Waals surface area (Å²) in [4.78, 5) is 6.86. The number of H-pyrrole nitrogens is 1. The lowest BCUT2D eigenvalue weighted by Crippen LogP contribution is -2.49. The second-order valence-corrected chi connectivity index (χ2v) is 5.55. The molecule has 5 heteroatoms. The predicted molar refractivity (Wildman–Crippen MR) is 80.0 cm³/mol. The number of hydrogen-bond donors (Lipinski definition) is 2. The first kappa shape index (κ1) is 13.1. The van der Waals surface area contributed by atoms with Crippen molar-refractivity contribution in [2.24, 2.45) is 0 Å². The van der Waals surface area contributed by atoms with E-state index < -0.39 is 0 Å². The lowest BCUT2D eigenvalue weighted by molar-refractivity contribution is 0.480. The molecule has 2 N–H and O–H groups in total. The molecular formula is C15H21N5. The van der Waals surface area contributed by atoms with Gasteiger partial charge in [0.05, 0.1) is 0 Å². The summed E-state index contributed by atoms with van der Waals surface area (Å²) in [6.07, 6.45) is 0.802. The van der Waals surface area contributed by atoms with Gasteiger partial charge < -0.3 is 10.2 Å². The fourth-order valence-corrected chi connectivity index (χ4v) is 2.64. The zero-order valence-corrected chi connectivity index (χ0v) is 12.1. The van der Waals surface area contributed by atoms with E-state index in [0.29, 0.717) is 6.04 Å². The zero-order valence-electron chi connectivity index (χ0n) is 12.1. The van der Waals surface area contributed by atoms with Crippen LogP contribution in [-0.2, 0) is 6.42 Å². The Kier molecular flexibility index (Phi) is 3.69. The number of piperazine rings is 1. The Morgan fingerprint density at radius 3 is 3.10 bits per heavy atom. The molecule has 5 nitrogen and oxygen atoms in total. The third kappa shape index (κ3) is 2.99. The van der Waals surface area contributed by atoms with Gasteiger partial charge in [0.15, 0.2) is 0 Å². The number of anilines is 1. The van der Waals surface area contributed by atoms with Gasteiger partial charge in [-0.25, -0.2) is 0 Å². The number of aromatic nitrogens is 3. The lowest BCUT2D eigenvalue weighted by Gasteiger charge is -2.30. The van der Waals surface area contributed by atoms with Crippen LogP contribution in [-0.4, -0.2) is 40.9 Å². The maximum Gasteiger partial charge on any atom is 0.244 e. The fourth-order valence-electron chi connectivity index (χ4n) is 2.64. The van der Waals surface area contributed by atoms with Crippen LogP contribution in [0.5, 0.6) is 0 Å². The highest BCUT2D eigenvalue weighted by molar-refractivity contribution is 5.32. The molecule has 1 unspecified atom stereocenters. The van der Waals surface area contributed by atoms with Crippen molar-refractivity contribution < 1.29 is 0 Å². The number of aromatic amines is 1. The second kappa shape index (κ2) is 5.63. The molecule has 1 aromatic heterocycles. The molecule has 3 rings (SSSR count). The molecule has 0 amide bonds. The van der Waals surface area contributed by atoms with E-state index in [0.717, 1.165) is 37.8 Å². The van der Waals surface area contributed by atoms with E-state index in [9.17, 15) is 0 Å².